The first-order chi connectivity index (χ1) is 7.83. The van der Waals surface area contributed by atoms with Crippen LogP contribution in [0.1, 0.15) is 24.2 Å². The highest BCUT2D eigenvalue weighted by Crippen LogP contribution is 2.14. The topological polar surface area (TPSA) is 55.1 Å². The van der Waals surface area contributed by atoms with Gasteiger partial charge in [0.2, 0.25) is 0 Å². The molecule has 0 atom stereocenters. The number of nitrogens with two attached hydrogens (primary N) is 1. The fraction of sp³-hybridized carbons (Fsp3) is 0.333. The monoisotopic (exact) mass is 362 g/mol. The Kier molecular flexibility index (Phi) is 4.88. The molecule has 0 saturated carbocycles. The average molecular weight is 362 g/mol. The molecule has 0 radical (unpaired) electrons. The van der Waals surface area contributed by atoms with E-state index < -0.39 is 0 Å². The van der Waals surface area contributed by atoms with Gasteiger partial charge in [0.15, 0.2) is 0 Å². The van der Waals surface area contributed by atoms with Crippen molar-refractivity contribution in [1.29, 1.82) is 0 Å². The zero-order valence-corrected chi connectivity index (χ0v) is 12.8. The molecule has 0 aliphatic heterocycles. The van der Waals surface area contributed by atoms with Crippen LogP contribution in [0.5, 0.6) is 0 Å². The Hall–Kier alpha value is -0.690. The summed E-state index contributed by atoms with van der Waals surface area (Å²) in [6.45, 7) is 4.25. The predicted molar refractivity (Wildman–Crippen MR) is 82.1 cm³/mol. The molecule has 0 unspecified atom stereocenters. The van der Waals surface area contributed by atoms with Crippen LogP contribution in [0.4, 0.5) is 0 Å². The molecule has 17 heavy (non-hydrogen) atoms. The van der Waals surface area contributed by atoms with E-state index in [4.69, 9.17) is 18.0 Å². The fourth-order valence-corrected chi connectivity index (χ4v) is 1.52. The third-order valence-electron chi connectivity index (χ3n) is 2.46. The Bertz CT molecular complexity index is 429. The second kappa shape index (κ2) is 5.77. The van der Waals surface area contributed by atoms with Gasteiger partial charge in [-0.3, -0.25) is 4.79 Å². The van der Waals surface area contributed by atoms with Crippen LogP contribution in [0.25, 0.3) is 0 Å². The molecule has 1 aromatic rings. The zero-order valence-electron chi connectivity index (χ0n) is 9.79. The lowest BCUT2D eigenvalue weighted by molar-refractivity contribution is 0.0945. The summed E-state index contributed by atoms with van der Waals surface area (Å²) in [5, 5.41) is 2.83. The standard InChI is InChI=1S/C12H15IN2OS/c1-12(2,11(14)17)7-15-10(16)8-3-5-9(13)6-4-8/h3-6H,7H2,1-2H3,(H2,14,17)(H,15,16). The van der Waals surface area contributed by atoms with Gasteiger partial charge in [-0.2, -0.15) is 0 Å². The number of nitrogens with one attached hydrogen (secondary N) is 1. The SMILES string of the molecule is CC(C)(CNC(=O)c1ccc(I)cc1)C(N)=S. The predicted octanol–water partition coefficient (Wildman–Crippen LogP) is 2.33. The normalized spacial score (nSPS) is 11.0. The van der Waals surface area contributed by atoms with Gasteiger partial charge in [0, 0.05) is 21.1 Å². The van der Waals surface area contributed by atoms with E-state index in [1.54, 1.807) is 12.1 Å². The van der Waals surface area contributed by atoms with Crippen molar-refractivity contribution in [3.8, 4) is 0 Å². The summed E-state index contributed by atoms with van der Waals surface area (Å²) in [4.78, 5) is 12.2. The second-order valence-corrected chi connectivity index (χ2v) is 6.12. The van der Waals surface area contributed by atoms with Gasteiger partial charge < -0.3 is 11.1 Å². The van der Waals surface area contributed by atoms with Crippen LogP contribution in [0.3, 0.4) is 0 Å². The van der Waals surface area contributed by atoms with E-state index in [2.05, 4.69) is 27.9 Å². The molecular weight excluding hydrogens is 347 g/mol. The summed E-state index contributed by atoms with van der Waals surface area (Å²) in [7, 11) is 0. The van der Waals surface area contributed by atoms with Crippen LogP contribution in [-0.2, 0) is 0 Å². The molecule has 0 saturated heterocycles. The Balaban J connectivity index is 2.62. The van der Waals surface area contributed by atoms with Gasteiger partial charge in [0.1, 0.15) is 0 Å². The van der Waals surface area contributed by atoms with Crippen LogP contribution in [0, 0.1) is 8.99 Å². The minimum atomic E-state index is -0.367. The minimum absolute atomic E-state index is 0.106. The third-order valence-corrected chi connectivity index (χ3v) is 3.74. The van der Waals surface area contributed by atoms with E-state index in [9.17, 15) is 4.79 Å². The molecule has 1 aromatic carbocycles. The maximum Gasteiger partial charge on any atom is 0.251 e. The van der Waals surface area contributed by atoms with Crippen LogP contribution < -0.4 is 11.1 Å². The lowest BCUT2D eigenvalue weighted by Crippen LogP contribution is -2.41. The Labute approximate surface area is 120 Å². The molecule has 0 aliphatic carbocycles. The smallest absolute Gasteiger partial charge is 0.251 e. The molecule has 1 amide bonds. The first kappa shape index (κ1) is 14.4. The number of halogens is 1. The van der Waals surface area contributed by atoms with Gasteiger partial charge in [-0.25, -0.2) is 0 Å². The van der Waals surface area contributed by atoms with E-state index in [1.165, 1.54) is 0 Å². The highest BCUT2D eigenvalue weighted by atomic mass is 127. The van der Waals surface area contributed by atoms with Gasteiger partial charge in [-0.15, -0.1) is 0 Å². The van der Waals surface area contributed by atoms with Crippen LogP contribution in [0.2, 0.25) is 0 Å². The van der Waals surface area contributed by atoms with Crippen LogP contribution >= 0.6 is 34.8 Å². The van der Waals surface area contributed by atoms with E-state index in [0.717, 1.165) is 3.57 Å². The molecule has 0 aromatic heterocycles. The molecule has 5 heteroatoms. The van der Waals surface area contributed by atoms with Crippen molar-refractivity contribution in [1.82, 2.24) is 5.32 Å². The summed E-state index contributed by atoms with van der Waals surface area (Å²) < 4.78 is 1.10. The van der Waals surface area contributed by atoms with Gasteiger partial charge in [-0.05, 0) is 46.9 Å². The van der Waals surface area contributed by atoms with E-state index in [0.29, 0.717) is 17.1 Å². The fourth-order valence-electron chi connectivity index (χ4n) is 1.09. The molecule has 0 aliphatic rings. The molecule has 92 valence electrons. The van der Waals surface area contributed by atoms with Gasteiger partial charge in [0.05, 0.1) is 4.99 Å². The molecule has 0 fully saturated rings. The highest BCUT2D eigenvalue weighted by Gasteiger charge is 2.22. The lowest BCUT2D eigenvalue weighted by Gasteiger charge is -2.23. The zero-order chi connectivity index (χ0) is 13.1. The Morgan fingerprint density at radius 2 is 1.94 bits per heavy atom. The summed E-state index contributed by atoms with van der Waals surface area (Å²) in [6, 6.07) is 7.39. The number of carbonyl (C=O) groups is 1. The van der Waals surface area contributed by atoms with Gasteiger partial charge in [0.25, 0.3) is 5.91 Å². The molecule has 0 heterocycles. The first-order valence-electron chi connectivity index (χ1n) is 5.16. The second-order valence-electron chi connectivity index (χ2n) is 4.44. The molecule has 0 bridgehead atoms. The summed E-state index contributed by atoms with van der Waals surface area (Å²) in [5.74, 6) is -0.106. The summed E-state index contributed by atoms with van der Waals surface area (Å²) in [6.07, 6.45) is 0. The van der Waals surface area contributed by atoms with Gasteiger partial charge in [-0.1, -0.05) is 26.1 Å². The minimum Gasteiger partial charge on any atom is -0.393 e. The number of hydrogen-bond acceptors (Lipinski definition) is 2. The number of thiocarbonyl (C=S) groups is 1. The first-order valence-corrected chi connectivity index (χ1v) is 6.65. The quantitative estimate of drug-likeness (QED) is 0.639. The van der Waals surface area contributed by atoms with Gasteiger partial charge >= 0.3 is 0 Å². The maximum absolute atomic E-state index is 11.8. The number of rotatable bonds is 4. The Morgan fingerprint density at radius 1 is 1.41 bits per heavy atom. The molecule has 3 nitrogen and oxygen atoms in total. The van der Waals surface area contributed by atoms with Crippen LogP contribution in [0.15, 0.2) is 24.3 Å². The third kappa shape index (κ3) is 4.23. The largest absolute Gasteiger partial charge is 0.393 e. The van der Waals surface area contributed by atoms with Crippen LogP contribution in [-0.4, -0.2) is 17.4 Å². The summed E-state index contributed by atoms with van der Waals surface area (Å²) >= 11 is 7.14. The number of benzene rings is 1. The van der Waals surface area contributed by atoms with Crippen molar-refractivity contribution in [2.24, 2.45) is 11.1 Å². The van der Waals surface area contributed by atoms with Crippen molar-refractivity contribution >= 4 is 45.7 Å². The van der Waals surface area contributed by atoms with Crippen molar-refractivity contribution in [2.75, 3.05) is 6.54 Å². The van der Waals surface area contributed by atoms with E-state index in [1.807, 2.05) is 26.0 Å². The molecule has 0 spiro atoms. The van der Waals surface area contributed by atoms with Crippen molar-refractivity contribution in [3.63, 3.8) is 0 Å². The van der Waals surface area contributed by atoms with E-state index >= 15 is 0 Å². The van der Waals surface area contributed by atoms with Crippen molar-refractivity contribution < 1.29 is 4.79 Å². The molecule has 1 rings (SSSR count). The molecule has 3 N–H and O–H groups in total. The lowest BCUT2D eigenvalue weighted by atomic mass is 9.93. The van der Waals surface area contributed by atoms with Crippen molar-refractivity contribution in [2.45, 2.75) is 13.8 Å². The Morgan fingerprint density at radius 3 is 2.41 bits per heavy atom. The number of amides is 1. The highest BCUT2D eigenvalue weighted by molar-refractivity contribution is 14.1. The van der Waals surface area contributed by atoms with Crippen molar-refractivity contribution in [3.05, 3.63) is 33.4 Å². The average Bonchev–Trinajstić information content (AvgIpc) is 2.27. The van der Waals surface area contributed by atoms with E-state index in [-0.39, 0.29) is 11.3 Å². The molecular formula is C12H15IN2OS. The number of carbonyl (C=O) groups excluding carboxylic acids is 1. The summed E-state index contributed by atoms with van der Waals surface area (Å²) in [5.41, 5.74) is 5.87. The number of hydrogen-bond donors (Lipinski definition) is 2. The maximum atomic E-state index is 11.8.